The van der Waals surface area contributed by atoms with E-state index in [1.54, 1.807) is 0 Å². The van der Waals surface area contributed by atoms with Gasteiger partial charge in [0, 0.05) is 45.3 Å². The lowest BCUT2D eigenvalue weighted by atomic mass is 9.86. The Morgan fingerprint density at radius 3 is 2.19 bits per heavy atom. The SMILES string of the molecule is CC1CCCCC1NC(=O)CN1CCN(CC(=O)N2CCOCC2)CC1. The summed E-state index contributed by atoms with van der Waals surface area (Å²) in [5, 5.41) is 3.24. The monoisotopic (exact) mass is 366 g/mol. The van der Waals surface area contributed by atoms with Crippen LogP contribution in [0.1, 0.15) is 32.6 Å². The average Bonchev–Trinajstić information content (AvgIpc) is 2.66. The number of rotatable bonds is 5. The molecule has 1 saturated carbocycles. The molecule has 0 aromatic heterocycles. The molecule has 3 rings (SSSR count). The second kappa shape index (κ2) is 9.67. The summed E-state index contributed by atoms with van der Waals surface area (Å²) >= 11 is 0. The van der Waals surface area contributed by atoms with E-state index in [1.807, 2.05) is 4.90 Å². The summed E-state index contributed by atoms with van der Waals surface area (Å²) in [5.74, 6) is 0.947. The quantitative estimate of drug-likeness (QED) is 0.751. The molecular formula is C19H34N4O3. The fraction of sp³-hybridized carbons (Fsp3) is 0.895. The molecule has 0 aromatic carbocycles. The summed E-state index contributed by atoms with van der Waals surface area (Å²) < 4.78 is 5.30. The van der Waals surface area contributed by atoms with Crippen LogP contribution in [-0.4, -0.2) is 98.1 Å². The van der Waals surface area contributed by atoms with Crippen LogP contribution in [0.3, 0.4) is 0 Å². The predicted octanol–water partition coefficient (Wildman–Crippen LogP) is 0.158. The lowest BCUT2D eigenvalue weighted by Crippen LogP contribution is -2.53. The van der Waals surface area contributed by atoms with E-state index in [0.717, 1.165) is 32.6 Å². The largest absolute Gasteiger partial charge is 0.378 e. The molecule has 7 nitrogen and oxygen atoms in total. The molecule has 2 heterocycles. The number of nitrogens with one attached hydrogen (secondary N) is 1. The average molecular weight is 367 g/mol. The van der Waals surface area contributed by atoms with Crippen molar-refractivity contribution in [2.24, 2.45) is 5.92 Å². The van der Waals surface area contributed by atoms with Gasteiger partial charge in [0.05, 0.1) is 26.3 Å². The maximum atomic E-state index is 12.4. The van der Waals surface area contributed by atoms with Crippen LogP contribution in [0.15, 0.2) is 0 Å². The van der Waals surface area contributed by atoms with E-state index < -0.39 is 0 Å². The van der Waals surface area contributed by atoms with Gasteiger partial charge in [-0.05, 0) is 18.8 Å². The molecule has 0 bridgehead atoms. The number of morpholine rings is 1. The molecule has 2 unspecified atom stereocenters. The first-order chi connectivity index (χ1) is 12.6. The van der Waals surface area contributed by atoms with Crippen LogP contribution in [0.25, 0.3) is 0 Å². The topological polar surface area (TPSA) is 65.1 Å². The van der Waals surface area contributed by atoms with Crippen molar-refractivity contribution < 1.29 is 14.3 Å². The van der Waals surface area contributed by atoms with E-state index in [4.69, 9.17) is 4.74 Å². The maximum absolute atomic E-state index is 12.4. The summed E-state index contributed by atoms with van der Waals surface area (Å²) in [6.45, 7) is 9.32. The molecule has 0 spiro atoms. The summed E-state index contributed by atoms with van der Waals surface area (Å²) in [6.07, 6.45) is 4.86. The Labute approximate surface area is 157 Å². The first-order valence-electron chi connectivity index (χ1n) is 10.2. The molecule has 2 saturated heterocycles. The van der Waals surface area contributed by atoms with Gasteiger partial charge in [-0.15, -0.1) is 0 Å². The van der Waals surface area contributed by atoms with Crippen LogP contribution in [0.5, 0.6) is 0 Å². The summed E-state index contributed by atoms with van der Waals surface area (Å²) in [7, 11) is 0. The predicted molar refractivity (Wildman–Crippen MR) is 99.8 cm³/mol. The normalized spacial score (nSPS) is 28.7. The van der Waals surface area contributed by atoms with Crippen molar-refractivity contribution in [2.75, 3.05) is 65.6 Å². The van der Waals surface area contributed by atoms with Crippen LogP contribution in [0.2, 0.25) is 0 Å². The molecular weight excluding hydrogens is 332 g/mol. The Balaban J connectivity index is 1.34. The highest BCUT2D eigenvalue weighted by molar-refractivity contribution is 5.79. The van der Waals surface area contributed by atoms with Crippen LogP contribution in [0.4, 0.5) is 0 Å². The zero-order valence-electron chi connectivity index (χ0n) is 16.1. The standard InChI is InChI=1S/C19H34N4O3/c1-16-4-2-3-5-17(16)20-18(24)14-21-6-8-22(9-7-21)15-19(25)23-10-12-26-13-11-23/h16-17H,2-15H2,1H3,(H,20,24). The summed E-state index contributed by atoms with van der Waals surface area (Å²) in [4.78, 5) is 31.0. The number of carbonyl (C=O) groups is 2. The highest BCUT2D eigenvalue weighted by atomic mass is 16.5. The highest BCUT2D eigenvalue weighted by Crippen LogP contribution is 2.23. The third-order valence-corrected chi connectivity index (χ3v) is 6.01. The molecule has 0 aromatic rings. The minimum absolute atomic E-state index is 0.154. The second-order valence-electron chi connectivity index (χ2n) is 7.98. The van der Waals surface area contributed by atoms with Gasteiger partial charge >= 0.3 is 0 Å². The minimum Gasteiger partial charge on any atom is -0.378 e. The molecule has 148 valence electrons. The molecule has 1 N–H and O–H groups in total. The van der Waals surface area contributed by atoms with Crippen LogP contribution < -0.4 is 5.32 Å². The molecule has 2 amide bonds. The number of hydrogen-bond acceptors (Lipinski definition) is 5. The Kier molecular flexibility index (Phi) is 7.28. The highest BCUT2D eigenvalue weighted by Gasteiger charge is 2.26. The molecule has 0 radical (unpaired) electrons. The molecule has 26 heavy (non-hydrogen) atoms. The van der Waals surface area contributed by atoms with Crippen molar-refractivity contribution in [1.82, 2.24) is 20.0 Å². The van der Waals surface area contributed by atoms with Gasteiger partial charge in [0.15, 0.2) is 0 Å². The Hall–Kier alpha value is -1.18. The van der Waals surface area contributed by atoms with Gasteiger partial charge in [-0.2, -0.15) is 0 Å². The lowest BCUT2D eigenvalue weighted by molar-refractivity contribution is -0.137. The molecule has 7 heteroatoms. The molecule has 3 fully saturated rings. The minimum atomic E-state index is 0.154. The maximum Gasteiger partial charge on any atom is 0.236 e. The fourth-order valence-corrected chi connectivity index (χ4v) is 4.20. The van der Waals surface area contributed by atoms with E-state index in [2.05, 4.69) is 22.0 Å². The van der Waals surface area contributed by atoms with Crippen LogP contribution >= 0.6 is 0 Å². The van der Waals surface area contributed by atoms with Crippen molar-refractivity contribution in [3.05, 3.63) is 0 Å². The third kappa shape index (κ3) is 5.66. The van der Waals surface area contributed by atoms with Gasteiger partial charge in [0.1, 0.15) is 0 Å². The number of carbonyl (C=O) groups excluding carboxylic acids is 2. The second-order valence-corrected chi connectivity index (χ2v) is 7.98. The van der Waals surface area contributed by atoms with E-state index >= 15 is 0 Å². The fourth-order valence-electron chi connectivity index (χ4n) is 4.20. The van der Waals surface area contributed by atoms with Gasteiger partial charge in [0.25, 0.3) is 0 Å². The van der Waals surface area contributed by atoms with Crippen molar-refractivity contribution >= 4 is 11.8 Å². The zero-order valence-corrected chi connectivity index (χ0v) is 16.1. The van der Waals surface area contributed by atoms with Crippen molar-refractivity contribution in [3.63, 3.8) is 0 Å². The van der Waals surface area contributed by atoms with Gasteiger partial charge < -0.3 is 15.0 Å². The summed E-state index contributed by atoms with van der Waals surface area (Å²) in [6, 6.07) is 0.351. The number of hydrogen-bond donors (Lipinski definition) is 1. The van der Waals surface area contributed by atoms with Gasteiger partial charge in [-0.1, -0.05) is 19.8 Å². The molecule has 2 atom stereocenters. The first kappa shape index (κ1) is 19.6. The number of nitrogens with zero attached hydrogens (tertiary/aromatic N) is 3. The van der Waals surface area contributed by atoms with Crippen molar-refractivity contribution in [2.45, 2.75) is 38.6 Å². The molecule has 1 aliphatic carbocycles. The lowest BCUT2D eigenvalue weighted by Gasteiger charge is -2.36. The third-order valence-electron chi connectivity index (χ3n) is 6.01. The Bertz CT molecular complexity index is 473. The van der Waals surface area contributed by atoms with Crippen molar-refractivity contribution in [1.29, 1.82) is 0 Å². The summed E-state index contributed by atoms with van der Waals surface area (Å²) in [5.41, 5.74) is 0. The zero-order chi connectivity index (χ0) is 18.4. The van der Waals surface area contributed by atoms with E-state index in [1.165, 1.54) is 19.3 Å². The van der Waals surface area contributed by atoms with Crippen LogP contribution in [0, 0.1) is 5.92 Å². The molecule has 3 aliphatic rings. The van der Waals surface area contributed by atoms with Crippen molar-refractivity contribution in [3.8, 4) is 0 Å². The Morgan fingerprint density at radius 2 is 1.54 bits per heavy atom. The van der Waals surface area contributed by atoms with Gasteiger partial charge in [-0.25, -0.2) is 0 Å². The number of amides is 2. The smallest absolute Gasteiger partial charge is 0.236 e. The van der Waals surface area contributed by atoms with Gasteiger partial charge in [-0.3, -0.25) is 19.4 Å². The first-order valence-corrected chi connectivity index (χ1v) is 10.2. The number of piperazine rings is 1. The Morgan fingerprint density at radius 1 is 0.923 bits per heavy atom. The number of ether oxygens (including phenoxy) is 1. The van der Waals surface area contributed by atoms with Gasteiger partial charge in [0.2, 0.25) is 11.8 Å². The van der Waals surface area contributed by atoms with E-state index in [0.29, 0.717) is 51.4 Å². The van der Waals surface area contributed by atoms with E-state index in [-0.39, 0.29) is 11.8 Å². The molecule has 2 aliphatic heterocycles. The van der Waals surface area contributed by atoms with E-state index in [9.17, 15) is 9.59 Å². The van der Waals surface area contributed by atoms with Crippen LogP contribution in [-0.2, 0) is 14.3 Å².